The summed E-state index contributed by atoms with van der Waals surface area (Å²) in [6, 6.07) is 3.16. The molecule has 1 aromatic rings. The van der Waals surface area contributed by atoms with Crippen molar-refractivity contribution >= 4 is 5.97 Å². The number of hydrogen-bond donors (Lipinski definition) is 1. The highest BCUT2D eigenvalue weighted by molar-refractivity contribution is 5.88. The summed E-state index contributed by atoms with van der Waals surface area (Å²) in [6.07, 6.45) is 6.25. The van der Waals surface area contributed by atoms with Crippen LogP contribution in [0.2, 0.25) is 0 Å². The minimum atomic E-state index is -0.939. The molecule has 1 fully saturated rings. The van der Waals surface area contributed by atoms with Crippen LogP contribution < -0.4 is 4.74 Å². The predicted octanol–water partition coefficient (Wildman–Crippen LogP) is 4.04. The van der Waals surface area contributed by atoms with Crippen LogP contribution in [0.4, 0.5) is 0 Å². The highest BCUT2D eigenvalue weighted by atomic mass is 16.5. The smallest absolute Gasteiger partial charge is 0.335 e. The molecule has 0 radical (unpaired) electrons. The number of carbonyl (C=O) groups is 1. The number of ether oxygens (including phenoxy) is 1. The van der Waals surface area contributed by atoms with E-state index >= 15 is 0 Å². The van der Waals surface area contributed by atoms with Gasteiger partial charge in [0.25, 0.3) is 0 Å². The van der Waals surface area contributed by atoms with Gasteiger partial charge in [-0.25, -0.2) is 9.78 Å². The lowest BCUT2D eigenvalue weighted by atomic mass is 9.90. The summed E-state index contributed by atoms with van der Waals surface area (Å²) in [5.74, 6) is 0.0722. The Kier molecular flexibility index (Phi) is 4.86. The molecule has 1 aromatic heterocycles. The first-order chi connectivity index (χ1) is 9.86. The van der Waals surface area contributed by atoms with Crippen molar-refractivity contribution in [2.24, 2.45) is 5.92 Å². The summed E-state index contributed by atoms with van der Waals surface area (Å²) in [6.45, 7) is 6.70. The van der Waals surface area contributed by atoms with Gasteiger partial charge >= 0.3 is 5.97 Å². The fourth-order valence-corrected chi connectivity index (χ4v) is 2.64. The molecule has 1 heterocycles. The van der Waals surface area contributed by atoms with Crippen LogP contribution in [-0.4, -0.2) is 22.7 Å². The van der Waals surface area contributed by atoms with Crippen molar-refractivity contribution in [1.82, 2.24) is 4.98 Å². The molecule has 4 heteroatoms. The molecule has 0 bridgehead atoms. The number of aromatic nitrogens is 1. The molecule has 0 saturated heterocycles. The van der Waals surface area contributed by atoms with Gasteiger partial charge in [-0.3, -0.25) is 0 Å². The third-order valence-corrected chi connectivity index (χ3v) is 4.01. The first-order valence-electron chi connectivity index (χ1n) is 7.75. The largest absolute Gasteiger partial charge is 0.478 e. The number of nitrogens with zero attached hydrogens (tertiary/aromatic N) is 1. The fraction of sp³-hybridized carbons (Fsp3) is 0.647. The van der Waals surface area contributed by atoms with Crippen molar-refractivity contribution in [1.29, 1.82) is 0 Å². The van der Waals surface area contributed by atoms with E-state index in [9.17, 15) is 9.90 Å². The zero-order valence-electron chi connectivity index (χ0n) is 13.2. The van der Waals surface area contributed by atoms with Crippen molar-refractivity contribution in [2.45, 2.75) is 58.3 Å². The normalized spacial score (nSPS) is 16.7. The standard InChI is InChI=1S/C17H25NO3/c1-17(2,3)14-9-13(16(19)20)10-15(18-14)21-11-12-7-5-4-6-8-12/h9-10,12H,4-8,11H2,1-3H3,(H,19,20). The molecule has 2 rings (SSSR count). The van der Waals surface area contributed by atoms with Gasteiger partial charge in [-0.2, -0.15) is 0 Å². The van der Waals surface area contributed by atoms with Gasteiger partial charge in [0.05, 0.1) is 17.9 Å². The van der Waals surface area contributed by atoms with Crippen LogP contribution >= 0.6 is 0 Å². The van der Waals surface area contributed by atoms with Crippen LogP contribution in [0.25, 0.3) is 0 Å². The van der Waals surface area contributed by atoms with E-state index in [-0.39, 0.29) is 11.0 Å². The van der Waals surface area contributed by atoms with E-state index < -0.39 is 5.97 Å². The summed E-state index contributed by atoms with van der Waals surface area (Å²) < 4.78 is 5.80. The second-order valence-electron chi connectivity index (χ2n) is 6.95. The lowest BCUT2D eigenvalue weighted by molar-refractivity contribution is 0.0695. The molecule has 0 aromatic carbocycles. The van der Waals surface area contributed by atoms with E-state index in [1.165, 1.54) is 38.2 Å². The maximum atomic E-state index is 11.3. The quantitative estimate of drug-likeness (QED) is 0.909. The van der Waals surface area contributed by atoms with Crippen LogP contribution in [0.1, 0.15) is 68.9 Å². The van der Waals surface area contributed by atoms with E-state index in [2.05, 4.69) is 4.98 Å². The molecule has 0 unspecified atom stereocenters. The van der Waals surface area contributed by atoms with E-state index in [0.29, 0.717) is 18.4 Å². The summed E-state index contributed by atoms with van der Waals surface area (Å²) >= 11 is 0. The van der Waals surface area contributed by atoms with Gasteiger partial charge in [-0.1, -0.05) is 40.0 Å². The molecular weight excluding hydrogens is 266 g/mol. The average molecular weight is 291 g/mol. The molecule has 0 aliphatic heterocycles. The van der Waals surface area contributed by atoms with Gasteiger partial charge < -0.3 is 9.84 Å². The minimum absolute atomic E-state index is 0.200. The Morgan fingerprint density at radius 1 is 1.29 bits per heavy atom. The molecule has 4 nitrogen and oxygen atoms in total. The molecule has 21 heavy (non-hydrogen) atoms. The van der Waals surface area contributed by atoms with Crippen molar-refractivity contribution in [3.05, 3.63) is 23.4 Å². The Labute approximate surface area is 126 Å². The first kappa shape index (κ1) is 15.8. The summed E-state index contributed by atoms with van der Waals surface area (Å²) in [5, 5.41) is 9.23. The second kappa shape index (κ2) is 6.46. The monoisotopic (exact) mass is 291 g/mol. The van der Waals surface area contributed by atoms with Crippen LogP contribution in [0, 0.1) is 5.92 Å². The molecule has 0 atom stereocenters. The highest BCUT2D eigenvalue weighted by Gasteiger charge is 2.20. The lowest BCUT2D eigenvalue weighted by Gasteiger charge is -2.23. The van der Waals surface area contributed by atoms with Crippen molar-refractivity contribution < 1.29 is 14.6 Å². The molecule has 1 aliphatic rings. The van der Waals surface area contributed by atoms with Crippen molar-refractivity contribution in [2.75, 3.05) is 6.61 Å². The van der Waals surface area contributed by atoms with E-state index in [1.54, 1.807) is 6.07 Å². The molecule has 1 aliphatic carbocycles. The summed E-state index contributed by atoms with van der Waals surface area (Å²) in [7, 11) is 0. The fourth-order valence-electron chi connectivity index (χ4n) is 2.64. The van der Waals surface area contributed by atoms with Gasteiger partial charge in [0.1, 0.15) is 0 Å². The third kappa shape index (κ3) is 4.45. The molecule has 0 spiro atoms. The van der Waals surface area contributed by atoms with Crippen LogP contribution in [0.5, 0.6) is 5.88 Å². The zero-order chi connectivity index (χ0) is 15.5. The van der Waals surface area contributed by atoms with Gasteiger partial charge in [0, 0.05) is 11.5 Å². The molecule has 116 valence electrons. The Hall–Kier alpha value is -1.58. The number of pyridine rings is 1. The average Bonchev–Trinajstić information content (AvgIpc) is 2.45. The third-order valence-electron chi connectivity index (χ3n) is 4.01. The summed E-state index contributed by atoms with van der Waals surface area (Å²) in [5.41, 5.74) is 0.795. The molecule has 0 amide bonds. The Balaban J connectivity index is 2.13. The van der Waals surface area contributed by atoms with E-state index in [0.717, 1.165) is 5.69 Å². The van der Waals surface area contributed by atoms with Gasteiger partial charge in [-0.15, -0.1) is 0 Å². The molecule has 1 N–H and O–H groups in total. The number of carboxylic acid groups (broad SMARTS) is 1. The highest BCUT2D eigenvalue weighted by Crippen LogP contribution is 2.27. The molecular formula is C17H25NO3. The number of carboxylic acids is 1. The Morgan fingerprint density at radius 3 is 2.52 bits per heavy atom. The number of hydrogen-bond acceptors (Lipinski definition) is 3. The van der Waals surface area contributed by atoms with Crippen molar-refractivity contribution in [3.8, 4) is 5.88 Å². The zero-order valence-corrected chi connectivity index (χ0v) is 13.2. The van der Waals surface area contributed by atoms with Crippen LogP contribution in [0.3, 0.4) is 0 Å². The van der Waals surface area contributed by atoms with Gasteiger partial charge in [0.15, 0.2) is 0 Å². The van der Waals surface area contributed by atoms with Crippen LogP contribution in [0.15, 0.2) is 12.1 Å². The second-order valence-corrected chi connectivity index (χ2v) is 6.95. The number of rotatable bonds is 4. The SMILES string of the molecule is CC(C)(C)c1cc(C(=O)O)cc(OCC2CCCCC2)n1. The van der Waals surface area contributed by atoms with Crippen LogP contribution in [-0.2, 0) is 5.41 Å². The first-order valence-corrected chi connectivity index (χ1v) is 7.75. The Morgan fingerprint density at radius 2 is 1.95 bits per heavy atom. The van der Waals surface area contributed by atoms with Gasteiger partial charge in [0.2, 0.25) is 5.88 Å². The molecule has 1 saturated carbocycles. The van der Waals surface area contributed by atoms with E-state index in [1.807, 2.05) is 20.8 Å². The lowest BCUT2D eigenvalue weighted by Crippen LogP contribution is -2.18. The summed E-state index contributed by atoms with van der Waals surface area (Å²) in [4.78, 5) is 15.7. The maximum Gasteiger partial charge on any atom is 0.335 e. The van der Waals surface area contributed by atoms with Crippen molar-refractivity contribution in [3.63, 3.8) is 0 Å². The Bertz CT molecular complexity index is 499. The van der Waals surface area contributed by atoms with Gasteiger partial charge in [-0.05, 0) is 24.8 Å². The number of aromatic carboxylic acids is 1. The minimum Gasteiger partial charge on any atom is -0.478 e. The van der Waals surface area contributed by atoms with E-state index in [4.69, 9.17) is 4.74 Å². The maximum absolute atomic E-state index is 11.3. The predicted molar refractivity (Wildman–Crippen MR) is 82.0 cm³/mol. The topological polar surface area (TPSA) is 59.4 Å².